The van der Waals surface area contributed by atoms with Crippen molar-refractivity contribution in [3.8, 4) is 0 Å². The van der Waals surface area contributed by atoms with Crippen molar-refractivity contribution >= 4 is 34.7 Å². The lowest BCUT2D eigenvalue weighted by atomic mass is 10.1. The molecule has 0 saturated carbocycles. The zero-order chi connectivity index (χ0) is 19.3. The monoisotopic (exact) mass is 395 g/mol. The van der Waals surface area contributed by atoms with Gasteiger partial charge in [0.2, 0.25) is 5.91 Å². The third kappa shape index (κ3) is 4.36. The van der Waals surface area contributed by atoms with Gasteiger partial charge in [0.15, 0.2) is 5.58 Å². The smallest absolute Gasteiger partial charge is 0.257 e. The first-order chi connectivity index (χ1) is 13.7. The Morgan fingerprint density at radius 1 is 1.07 bits per heavy atom. The molecule has 3 aromatic rings. The SMILES string of the molecule is O=C(CSc1nc2ccccc2o1)NCc1ccc(C(=O)N2CCCC2)cc1. The standard InChI is InChI=1S/C21H21N3O3S/c25-19(14-28-21-23-17-5-1-2-6-18(17)27-21)22-13-15-7-9-16(10-8-15)20(26)24-11-3-4-12-24/h1-2,5-10H,3-4,11-14H2,(H,22,25). The van der Waals surface area contributed by atoms with Gasteiger partial charge in [-0.3, -0.25) is 9.59 Å². The van der Waals surface area contributed by atoms with Crippen LogP contribution in [0.4, 0.5) is 0 Å². The van der Waals surface area contributed by atoms with E-state index in [1.54, 1.807) is 0 Å². The molecular weight excluding hydrogens is 374 g/mol. The van der Waals surface area contributed by atoms with E-state index < -0.39 is 0 Å². The number of para-hydroxylation sites is 2. The summed E-state index contributed by atoms with van der Waals surface area (Å²) in [6, 6.07) is 14.9. The van der Waals surface area contributed by atoms with Crippen molar-refractivity contribution in [2.45, 2.75) is 24.6 Å². The molecule has 4 rings (SSSR count). The third-order valence-corrected chi connectivity index (χ3v) is 5.51. The molecular formula is C21H21N3O3S. The number of rotatable bonds is 6. The maximum absolute atomic E-state index is 12.3. The Balaban J connectivity index is 1.25. The Kier molecular flexibility index (Phi) is 5.62. The van der Waals surface area contributed by atoms with Gasteiger partial charge < -0.3 is 14.6 Å². The molecule has 1 aliphatic rings. The van der Waals surface area contributed by atoms with E-state index in [2.05, 4.69) is 10.3 Å². The summed E-state index contributed by atoms with van der Waals surface area (Å²) in [5.41, 5.74) is 3.16. The van der Waals surface area contributed by atoms with E-state index >= 15 is 0 Å². The first-order valence-corrected chi connectivity index (χ1v) is 10.3. The molecule has 0 unspecified atom stereocenters. The van der Waals surface area contributed by atoms with Crippen LogP contribution in [0.5, 0.6) is 0 Å². The van der Waals surface area contributed by atoms with Gasteiger partial charge in [-0.25, -0.2) is 4.98 Å². The fraction of sp³-hybridized carbons (Fsp3) is 0.286. The van der Waals surface area contributed by atoms with Crippen molar-refractivity contribution in [3.63, 3.8) is 0 Å². The van der Waals surface area contributed by atoms with E-state index in [-0.39, 0.29) is 17.6 Å². The largest absolute Gasteiger partial charge is 0.431 e. The summed E-state index contributed by atoms with van der Waals surface area (Å²) in [7, 11) is 0. The minimum absolute atomic E-state index is 0.0859. The average molecular weight is 395 g/mol. The van der Waals surface area contributed by atoms with Crippen LogP contribution in [0.2, 0.25) is 0 Å². The van der Waals surface area contributed by atoms with Gasteiger partial charge >= 0.3 is 0 Å². The van der Waals surface area contributed by atoms with Gasteiger partial charge in [0.25, 0.3) is 11.1 Å². The lowest BCUT2D eigenvalue weighted by Gasteiger charge is -2.15. The highest BCUT2D eigenvalue weighted by Gasteiger charge is 2.19. The summed E-state index contributed by atoms with van der Waals surface area (Å²) in [4.78, 5) is 30.7. The van der Waals surface area contributed by atoms with Crippen molar-refractivity contribution in [1.29, 1.82) is 0 Å². The van der Waals surface area contributed by atoms with Gasteiger partial charge in [-0.2, -0.15) is 0 Å². The number of carbonyl (C=O) groups is 2. The molecule has 2 aromatic carbocycles. The zero-order valence-corrected chi connectivity index (χ0v) is 16.2. The minimum atomic E-state index is -0.0931. The number of nitrogens with one attached hydrogen (secondary N) is 1. The molecule has 144 valence electrons. The molecule has 0 atom stereocenters. The molecule has 7 heteroatoms. The van der Waals surface area contributed by atoms with Gasteiger partial charge in [-0.15, -0.1) is 0 Å². The van der Waals surface area contributed by atoms with Crippen LogP contribution < -0.4 is 5.32 Å². The van der Waals surface area contributed by atoms with Crippen LogP contribution in [-0.2, 0) is 11.3 Å². The molecule has 1 N–H and O–H groups in total. The molecule has 6 nitrogen and oxygen atoms in total. The highest BCUT2D eigenvalue weighted by atomic mass is 32.2. The Labute approximate surface area is 167 Å². The van der Waals surface area contributed by atoms with Crippen molar-refractivity contribution in [2.24, 2.45) is 0 Å². The maximum Gasteiger partial charge on any atom is 0.257 e. The first-order valence-electron chi connectivity index (χ1n) is 9.32. The van der Waals surface area contributed by atoms with Crippen LogP contribution in [0.1, 0.15) is 28.8 Å². The number of oxazole rings is 1. The highest BCUT2D eigenvalue weighted by Crippen LogP contribution is 2.22. The Morgan fingerprint density at radius 3 is 2.57 bits per heavy atom. The fourth-order valence-electron chi connectivity index (χ4n) is 3.16. The number of hydrogen-bond donors (Lipinski definition) is 1. The average Bonchev–Trinajstić information content (AvgIpc) is 3.40. The van der Waals surface area contributed by atoms with E-state index in [0.717, 1.165) is 37.0 Å². The number of amides is 2. The molecule has 1 aromatic heterocycles. The topological polar surface area (TPSA) is 75.4 Å². The van der Waals surface area contributed by atoms with Gasteiger partial charge in [-0.1, -0.05) is 36.0 Å². The predicted molar refractivity (Wildman–Crippen MR) is 108 cm³/mol. The van der Waals surface area contributed by atoms with Crippen LogP contribution >= 0.6 is 11.8 Å². The van der Waals surface area contributed by atoms with Crippen LogP contribution in [0.15, 0.2) is 58.2 Å². The summed E-state index contributed by atoms with van der Waals surface area (Å²) in [6.45, 7) is 2.11. The normalized spacial score (nSPS) is 13.8. The quantitative estimate of drug-likeness (QED) is 0.647. The van der Waals surface area contributed by atoms with Gasteiger partial charge in [0, 0.05) is 25.2 Å². The molecule has 0 spiro atoms. The van der Waals surface area contributed by atoms with Crippen molar-refractivity contribution in [2.75, 3.05) is 18.8 Å². The highest BCUT2D eigenvalue weighted by molar-refractivity contribution is 7.99. The lowest BCUT2D eigenvalue weighted by molar-refractivity contribution is -0.118. The number of carbonyl (C=O) groups excluding carboxylic acids is 2. The zero-order valence-electron chi connectivity index (χ0n) is 15.4. The molecule has 2 amide bonds. The van der Waals surface area contributed by atoms with Crippen LogP contribution in [0.3, 0.4) is 0 Å². The Hall–Kier alpha value is -2.80. The summed E-state index contributed by atoms with van der Waals surface area (Å²) < 4.78 is 5.59. The summed E-state index contributed by atoms with van der Waals surface area (Å²) in [6.07, 6.45) is 2.16. The molecule has 0 aliphatic carbocycles. The number of hydrogen-bond acceptors (Lipinski definition) is 5. The van der Waals surface area contributed by atoms with Crippen molar-refractivity contribution < 1.29 is 14.0 Å². The number of benzene rings is 2. The van der Waals surface area contributed by atoms with Crippen LogP contribution in [-0.4, -0.2) is 40.5 Å². The number of fused-ring (bicyclic) bond motifs is 1. The summed E-state index contributed by atoms with van der Waals surface area (Å²) in [5, 5.41) is 3.37. The predicted octanol–water partition coefficient (Wildman–Crippen LogP) is 3.47. The number of aromatic nitrogens is 1. The Bertz CT molecular complexity index is 945. The molecule has 1 aliphatic heterocycles. The van der Waals surface area contributed by atoms with Crippen molar-refractivity contribution in [1.82, 2.24) is 15.2 Å². The van der Waals surface area contributed by atoms with Crippen molar-refractivity contribution in [3.05, 3.63) is 59.7 Å². The Morgan fingerprint density at radius 2 is 1.82 bits per heavy atom. The molecule has 28 heavy (non-hydrogen) atoms. The van der Waals surface area contributed by atoms with E-state index in [1.807, 2.05) is 53.4 Å². The lowest BCUT2D eigenvalue weighted by Crippen LogP contribution is -2.27. The fourth-order valence-corrected chi connectivity index (χ4v) is 3.83. The number of thioether (sulfide) groups is 1. The second-order valence-electron chi connectivity index (χ2n) is 6.71. The number of nitrogens with zero attached hydrogens (tertiary/aromatic N) is 2. The maximum atomic E-state index is 12.3. The minimum Gasteiger partial charge on any atom is -0.431 e. The number of likely N-dealkylation sites (tertiary alicyclic amines) is 1. The van der Waals surface area contributed by atoms with Gasteiger partial charge in [0.1, 0.15) is 5.52 Å². The van der Waals surface area contributed by atoms with Crippen LogP contribution in [0.25, 0.3) is 11.1 Å². The molecule has 1 saturated heterocycles. The second-order valence-corrected chi connectivity index (χ2v) is 7.64. The van der Waals surface area contributed by atoms with E-state index in [9.17, 15) is 9.59 Å². The molecule has 0 bridgehead atoms. The van der Waals surface area contributed by atoms with Gasteiger partial charge in [0.05, 0.1) is 5.75 Å². The molecule has 2 heterocycles. The van der Waals surface area contributed by atoms with Crippen LogP contribution in [0, 0.1) is 0 Å². The first kappa shape index (κ1) is 18.6. The molecule has 0 radical (unpaired) electrons. The second kappa shape index (κ2) is 8.48. The summed E-state index contributed by atoms with van der Waals surface area (Å²) in [5.74, 6) is 0.227. The third-order valence-electron chi connectivity index (χ3n) is 4.68. The van der Waals surface area contributed by atoms with E-state index in [4.69, 9.17) is 4.42 Å². The molecule has 1 fully saturated rings. The van der Waals surface area contributed by atoms with Gasteiger partial charge in [-0.05, 0) is 42.7 Å². The summed E-state index contributed by atoms with van der Waals surface area (Å²) >= 11 is 1.27. The van der Waals surface area contributed by atoms with E-state index in [0.29, 0.717) is 22.9 Å². The van der Waals surface area contributed by atoms with E-state index in [1.165, 1.54) is 11.8 Å².